The van der Waals surface area contributed by atoms with Crippen LogP contribution in [-0.2, 0) is 6.18 Å². The van der Waals surface area contributed by atoms with E-state index in [2.05, 4.69) is 9.72 Å². The van der Waals surface area contributed by atoms with Crippen LogP contribution in [0.15, 0.2) is 6.07 Å². The van der Waals surface area contributed by atoms with Crippen molar-refractivity contribution in [2.45, 2.75) is 19.0 Å². The summed E-state index contributed by atoms with van der Waals surface area (Å²) in [6.45, 7) is 0. The third-order valence-corrected chi connectivity index (χ3v) is 1.91. The lowest BCUT2D eigenvalue weighted by atomic mass is 10.1. The van der Waals surface area contributed by atoms with Gasteiger partial charge in [-0.15, -0.1) is 13.2 Å². The first-order chi connectivity index (χ1) is 9.33. The lowest BCUT2D eigenvalue weighted by Gasteiger charge is -2.14. The van der Waals surface area contributed by atoms with Crippen LogP contribution in [-0.4, -0.2) is 16.3 Å². The average Bonchev–Trinajstić information content (AvgIpc) is 2.23. The summed E-state index contributed by atoms with van der Waals surface area (Å²) < 4.78 is 101. The number of ether oxygens (including phenoxy) is 1. The van der Waals surface area contributed by atoms with Crippen molar-refractivity contribution in [3.63, 3.8) is 0 Å². The Morgan fingerprint density at radius 1 is 1.19 bits per heavy atom. The molecule has 0 aliphatic heterocycles. The first kappa shape index (κ1) is 16.8. The Balaban J connectivity index is 3.61. The third kappa shape index (κ3) is 4.13. The monoisotopic (exact) mass is 326 g/mol. The largest absolute Gasteiger partial charge is 0.574 e. The van der Waals surface area contributed by atoms with Gasteiger partial charge in [0, 0.05) is 0 Å². The van der Waals surface area contributed by atoms with Crippen LogP contribution in [0.3, 0.4) is 0 Å². The minimum Gasteiger partial charge on any atom is -0.388 e. The van der Waals surface area contributed by atoms with E-state index in [1.165, 1.54) is 0 Å². The molecule has 0 aromatic carbocycles. The summed E-state index contributed by atoms with van der Waals surface area (Å²) in [5.41, 5.74) is -6.68. The van der Waals surface area contributed by atoms with Gasteiger partial charge in [0.2, 0.25) is 5.88 Å². The lowest BCUT2D eigenvalue weighted by Crippen LogP contribution is -2.20. The number of rotatable bonds is 3. The van der Waals surface area contributed by atoms with Gasteiger partial charge in [-0.05, 0) is 0 Å². The zero-order valence-electron chi connectivity index (χ0n) is 9.30. The minimum atomic E-state index is -5.61. The molecule has 0 unspecified atom stereocenters. The van der Waals surface area contributed by atoms with Crippen LogP contribution in [0.4, 0.5) is 40.8 Å². The Morgan fingerprint density at radius 3 is 2.05 bits per heavy atom. The predicted molar refractivity (Wildman–Crippen MR) is 47.5 cm³/mol. The van der Waals surface area contributed by atoms with E-state index >= 15 is 0 Å². The Morgan fingerprint density at radius 2 is 1.71 bits per heavy atom. The van der Waals surface area contributed by atoms with Crippen molar-refractivity contribution in [3.05, 3.63) is 27.4 Å². The van der Waals surface area contributed by atoms with E-state index in [0.29, 0.717) is 0 Å². The summed E-state index contributed by atoms with van der Waals surface area (Å²) in [5.74, 6) is -1.79. The van der Waals surface area contributed by atoms with Crippen LogP contribution in [0, 0.1) is 10.1 Å². The quantitative estimate of drug-likeness (QED) is 0.481. The molecule has 0 N–H and O–H groups in total. The highest BCUT2D eigenvalue weighted by molar-refractivity contribution is 5.48. The molecule has 0 bridgehead atoms. The number of aromatic nitrogens is 1. The normalized spacial score (nSPS) is 12.6. The second-order valence-corrected chi connectivity index (χ2v) is 3.34. The van der Waals surface area contributed by atoms with E-state index < -0.39 is 46.7 Å². The maximum absolute atomic E-state index is 12.6. The molecule has 0 fully saturated rings. The van der Waals surface area contributed by atoms with Crippen molar-refractivity contribution in [1.82, 2.24) is 4.98 Å². The van der Waals surface area contributed by atoms with Gasteiger partial charge in [-0.2, -0.15) is 13.2 Å². The second kappa shape index (κ2) is 5.29. The molecule has 1 rings (SSSR count). The fraction of sp³-hybridized carbons (Fsp3) is 0.375. The molecule has 0 saturated heterocycles. The number of hydrogen-bond donors (Lipinski definition) is 0. The van der Waals surface area contributed by atoms with Crippen molar-refractivity contribution >= 4 is 5.69 Å². The summed E-state index contributed by atoms with van der Waals surface area (Å²) in [7, 11) is 0. The van der Waals surface area contributed by atoms with Crippen LogP contribution in [0.25, 0.3) is 0 Å². The molecule has 1 aromatic heterocycles. The summed E-state index contributed by atoms with van der Waals surface area (Å²) in [4.78, 5) is 11.0. The molecule has 0 amide bonds. The van der Waals surface area contributed by atoms with E-state index in [9.17, 15) is 45.2 Å². The molecule has 1 aromatic rings. The molecule has 13 heteroatoms. The summed E-state index contributed by atoms with van der Waals surface area (Å²) in [6, 6.07) is -0.331. The van der Waals surface area contributed by atoms with Gasteiger partial charge in [-0.1, -0.05) is 0 Å². The minimum absolute atomic E-state index is 0.331. The van der Waals surface area contributed by atoms with Crippen molar-refractivity contribution in [2.24, 2.45) is 0 Å². The molecule has 0 saturated carbocycles. The van der Waals surface area contributed by atoms with Gasteiger partial charge in [-0.3, -0.25) is 10.1 Å². The third-order valence-electron chi connectivity index (χ3n) is 1.91. The van der Waals surface area contributed by atoms with E-state index in [1.54, 1.807) is 0 Å². The standard InChI is InChI=1S/C8H2F8N2O3/c9-6(10)5-4(7(11,12)13)2(18(19)20)1-3(17-5)21-8(14,15)16/h1,6H. The molecule has 21 heavy (non-hydrogen) atoms. The molecule has 0 radical (unpaired) electrons. The summed E-state index contributed by atoms with van der Waals surface area (Å²) in [6.07, 6.45) is -15.1. The Labute approximate surface area is 109 Å². The molecular weight excluding hydrogens is 324 g/mol. The van der Waals surface area contributed by atoms with Gasteiger partial charge in [0.1, 0.15) is 5.69 Å². The molecule has 0 atom stereocenters. The lowest BCUT2D eigenvalue weighted by molar-refractivity contribution is -0.388. The first-order valence-electron chi connectivity index (χ1n) is 4.63. The number of pyridine rings is 1. The van der Waals surface area contributed by atoms with Crippen molar-refractivity contribution in [1.29, 1.82) is 0 Å². The van der Waals surface area contributed by atoms with Gasteiger partial charge in [0.05, 0.1) is 11.0 Å². The van der Waals surface area contributed by atoms with Gasteiger partial charge in [0.25, 0.3) is 12.1 Å². The molecule has 1 heterocycles. The Bertz CT molecular complexity index is 554. The van der Waals surface area contributed by atoms with E-state index in [1.807, 2.05) is 0 Å². The highest BCUT2D eigenvalue weighted by atomic mass is 19.4. The zero-order chi connectivity index (χ0) is 16.6. The van der Waals surface area contributed by atoms with E-state index in [-0.39, 0.29) is 6.07 Å². The topological polar surface area (TPSA) is 65.3 Å². The number of hydrogen-bond acceptors (Lipinski definition) is 4. The zero-order valence-corrected chi connectivity index (χ0v) is 9.30. The van der Waals surface area contributed by atoms with Crippen LogP contribution < -0.4 is 4.74 Å². The fourth-order valence-electron chi connectivity index (χ4n) is 1.29. The average molecular weight is 326 g/mol. The van der Waals surface area contributed by atoms with Gasteiger partial charge < -0.3 is 4.74 Å². The van der Waals surface area contributed by atoms with Crippen molar-refractivity contribution < 1.29 is 44.8 Å². The van der Waals surface area contributed by atoms with Crippen molar-refractivity contribution in [2.75, 3.05) is 0 Å². The highest BCUT2D eigenvalue weighted by Gasteiger charge is 2.45. The molecule has 118 valence electrons. The Kier molecular flexibility index (Phi) is 4.24. The SMILES string of the molecule is O=[N+]([O-])c1cc(OC(F)(F)F)nc(C(F)F)c1C(F)(F)F. The second-order valence-electron chi connectivity index (χ2n) is 3.34. The predicted octanol–water partition coefficient (Wildman–Crippen LogP) is 3.84. The highest BCUT2D eigenvalue weighted by Crippen LogP contribution is 2.43. The molecule has 0 aliphatic rings. The van der Waals surface area contributed by atoms with Gasteiger partial charge in [0.15, 0.2) is 5.56 Å². The molecule has 0 spiro atoms. The smallest absolute Gasteiger partial charge is 0.388 e. The van der Waals surface area contributed by atoms with Gasteiger partial charge >= 0.3 is 12.5 Å². The maximum atomic E-state index is 12.6. The van der Waals surface area contributed by atoms with Crippen LogP contribution in [0.1, 0.15) is 17.7 Å². The molecule has 0 aliphatic carbocycles. The van der Waals surface area contributed by atoms with E-state index in [4.69, 9.17) is 0 Å². The molecular formula is C8H2F8N2O3. The fourth-order valence-corrected chi connectivity index (χ4v) is 1.29. The Hall–Kier alpha value is -2.21. The number of nitrogens with zero attached hydrogens (tertiary/aromatic N) is 2. The maximum Gasteiger partial charge on any atom is 0.574 e. The molecule has 5 nitrogen and oxygen atoms in total. The van der Waals surface area contributed by atoms with Crippen LogP contribution in [0.5, 0.6) is 5.88 Å². The number of alkyl halides is 8. The summed E-state index contributed by atoms with van der Waals surface area (Å²) in [5, 5.41) is 10.5. The van der Waals surface area contributed by atoms with Crippen LogP contribution >= 0.6 is 0 Å². The number of nitro groups is 1. The number of halogens is 8. The van der Waals surface area contributed by atoms with Crippen LogP contribution in [0.2, 0.25) is 0 Å². The van der Waals surface area contributed by atoms with E-state index in [0.717, 1.165) is 0 Å². The summed E-state index contributed by atoms with van der Waals surface area (Å²) >= 11 is 0. The van der Waals surface area contributed by atoms with Gasteiger partial charge in [-0.25, -0.2) is 13.8 Å². The first-order valence-corrected chi connectivity index (χ1v) is 4.63. The van der Waals surface area contributed by atoms with Crippen molar-refractivity contribution in [3.8, 4) is 5.88 Å².